The molecular weight excluding hydrogens is 244 g/mol. The number of benzene rings is 1. The zero-order chi connectivity index (χ0) is 13.8. The van der Waals surface area contributed by atoms with Crippen LogP contribution in [0.15, 0.2) is 18.2 Å². The maximum atomic E-state index is 11.8. The van der Waals surface area contributed by atoms with E-state index in [1.54, 1.807) is 6.92 Å². The van der Waals surface area contributed by atoms with E-state index in [1.165, 1.54) is 0 Å². The molecule has 0 fully saturated rings. The first-order valence-electron chi connectivity index (χ1n) is 6.77. The van der Waals surface area contributed by atoms with Gasteiger partial charge in [0, 0.05) is 6.42 Å². The van der Waals surface area contributed by atoms with Crippen LogP contribution in [0.3, 0.4) is 0 Å². The van der Waals surface area contributed by atoms with Gasteiger partial charge in [-0.15, -0.1) is 0 Å². The van der Waals surface area contributed by atoms with Crippen LogP contribution in [0.5, 0.6) is 5.75 Å². The van der Waals surface area contributed by atoms with Crippen molar-refractivity contribution in [2.24, 2.45) is 5.92 Å². The Morgan fingerprint density at radius 3 is 2.95 bits per heavy atom. The third-order valence-electron chi connectivity index (χ3n) is 3.47. The van der Waals surface area contributed by atoms with Crippen LogP contribution in [0.4, 0.5) is 0 Å². The van der Waals surface area contributed by atoms with Crippen LogP contribution in [-0.2, 0) is 16.0 Å². The highest BCUT2D eigenvalue weighted by Gasteiger charge is 2.28. The second kappa shape index (κ2) is 6.06. The summed E-state index contributed by atoms with van der Waals surface area (Å²) >= 11 is 0. The first-order valence-corrected chi connectivity index (χ1v) is 6.77. The zero-order valence-electron chi connectivity index (χ0n) is 11.4. The average Bonchev–Trinajstić information content (AvgIpc) is 2.86. The standard InChI is InChI=1S/C15H20O4/c1-3-12(15(17)18-4-2)14(16)11-5-6-13-10(9-11)7-8-19-13/h5-6,9,12,14,16H,3-4,7-8H2,1-2H3. The van der Waals surface area contributed by atoms with Crippen molar-refractivity contribution in [3.05, 3.63) is 29.3 Å². The van der Waals surface area contributed by atoms with E-state index in [0.29, 0.717) is 19.6 Å². The summed E-state index contributed by atoms with van der Waals surface area (Å²) in [6, 6.07) is 5.60. The van der Waals surface area contributed by atoms with Gasteiger partial charge in [-0.05, 0) is 36.6 Å². The molecule has 0 aliphatic carbocycles. The fraction of sp³-hybridized carbons (Fsp3) is 0.533. The molecule has 2 atom stereocenters. The van der Waals surface area contributed by atoms with Crippen LogP contribution in [0.1, 0.15) is 37.5 Å². The second-order valence-electron chi connectivity index (χ2n) is 4.68. The molecule has 0 amide bonds. The lowest BCUT2D eigenvalue weighted by atomic mass is 9.92. The highest BCUT2D eigenvalue weighted by atomic mass is 16.5. The fourth-order valence-electron chi connectivity index (χ4n) is 2.39. The minimum absolute atomic E-state index is 0.333. The summed E-state index contributed by atoms with van der Waals surface area (Å²) in [7, 11) is 0. The Balaban J connectivity index is 2.17. The van der Waals surface area contributed by atoms with E-state index in [9.17, 15) is 9.90 Å². The van der Waals surface area contributed by atoms with Crippen molar-refractivity contribution < 1.29 is 19.4 Å². The van der Waals surface area contributed by atoms with Gasteiger partial charge in [0.25, 0.3) is 0 Å². The summed E-state index contributed by atoms with van der Waals surface area (Å²) in [6.45, 7) is 4.66. The van der Waals surface area contributed by atoms with Crippen molar-refractivity contribution in [3.63, 3.8) is 0 Å². The number of aliphatic hydroxyl groups is 1. The molecular formula is C15H20O4. The van der Waals surface area contributed by atoms with Gasteiger partial charge in [-0.1, -0.05) is 13.0 Å². The van der Waals surface area contributed by atoms with Crippen molar-refractivity contribution in [1.82, 2.24) is 0 Å². The lowest BCUT2D eigenvalue weighted by Gasteiger charge is -2.20. The van der Waals surface area contributed by atoms with Crippen LogP contribution < -0.4 is 4.74 Å². The molecule has 4 heteroatoms. The molecule has 1 N–H and O–H groups in total. The average molecular weight is 264 g/mol. The summed E-state index contributed by atoms with van der Waals surface area (Å²) < 4.78 is 10.4. The predicted octanol–water partition coefficient (Wildman–Crippen LogP) is 2.24. The summed E-state index contributed by atoms with van der Waals surface area (Å²) in [4.78, 5) is 11.8. The van der Waals surface area contributed by atoms with Crippen molar-refractivity contribution in [3.8, 4) is 5.75 Å². The summed E-state index contributed by atoms with van der Waals surface area (Å²) in [5, 5.41) is 10.4. The second-order valence-corrected chi connectivity index (χ2v) is 4.68. The minimum Gasteiger partial charge on any atom is -0.493 e. The number of carbonyl (C=O) groups is 1. The van der Waals surface area contributed by atoms with Crippen LogP contribution >= 0.6 is 0 Å². The quantitative estimate of drug-likeness (QED) is 0.829. The SMILES string of the molecule is CCOC(=O)C(CC)C(O)c1ccc2c(c1)CCO2. The molecule has 0 aromatic heterocycles. The number of ether oxygens (including phenoxy) is 2. The van der Waals surface area contributed by atoms with Crippen LogP contribution in [0.25, 0.3) is 0 Å². The molecule has 1 heterocycles. The van der Waals surface area contributed by atoms with E-state index >= 15 is 0 Å². The predicted molar refractivity (Wildman–Crippen MR) is 71.0 cm³/mol. The van der Waals surface area contributed by atoms with E-state index in [0.717, 1.165) is 23.3 Å². The zero-order valence-corrected chi connectivity index (χ0v) is 11.4. The molecule has 0 spiro atoms. The van der Waals surface area contributed by atoms with Crippen LogP contribution in [0.2, 0.25) is 0 Å². The topological polar surface area (TPSA) is 55.8 Å². The van der Waals surface area contributed by atoms with E-state index < -0.39 is 12.0 Å². The Kier molecular flexibility index (Phi) is 4.43. The number of carbonyl (C=O) groups excluding carboxylic acids is 1. The van der Waals surface area contributed by atoms with Gasteiger partial charge in [0.2, 0.25) is 0 Å². The van der Waals surface area contributed by atoms with Gasteiger partial charge in [-0.2, -0.15) is 0 Å². The van der Waals surface area contributed by atoms with Crippen molar-refractivity contribution in [1.29, 1.82) is 0 Å². The Hall–Kier alpha value is -1.55. The van der Waals surface area contributed by atoms with Crippen molar-refractivity contribution in [2.45, 2.75) is 32.8 Å². The lowest BCUT2D eigenvalue weighted by molar-refractivity contribution is -0.152. The van der Waals surface area contributed by atoms with Crippen molar-refractivity contribution in [2.75, 3.05) is 13.2 Å². The molecule has 1 aliphatic heterocycles. The molecule has 1 aromatic carbocycles. The molecule has 0 radical (unpaired) electrons. The summed E-state index contributed by atoms with van der Waals surface area (Å²) in [6.07, 6.45) is 0.578. The molecule has 1 aliphatic rings. The maximum absolute atomic E-state index is 11.8. The molecule has 2 rings (SSSR count). The molecule has 2 unspecified atom stereocenters. The molecule has 1 aromatic rings. The van der Waals surface area contributed by atoms with Gasteiger partial charge < -0.3 is 14.6 Å². The van der Waals surface area contributed by atoms with Gasteiger partial charge in [-0.3, -0.25) is 4.79 Å². The summed E-state index contributed by atoms with van der Waals surface area (Å²) in [5.74, 6) is 0.0229. The molecule has 4 nitrogen and oxygen atoms in total. The largest absolute Gasteiger partial charge is 0.493 e. The van der Waals surface area contributed by atoms with Gasteiger partial charge in [-0.25, -0.2) is 0 Å². The fourth-order valence-corrected chi connectivity index (χ4v) is 2.39. The minimum atomic E-state index is -0.824. The molecule has 19 heavy (non-hydrogen) atoms. The Bertz CT molecular complexity index is 455. The molecule has 0 saturated carbocycles. The van der Waals surface area contributed by atoms with E-state index in [-0.39, 0.29) is 5.97 Å². The van der Waals surface area contributed by atoms with E-state index in [4.69, 9.17) is 9.47 Å². The Morgan fingerprint density at radius 2 is 2.26 bits per heavy atom. The van der Waals surface area contributed by atoms with Gasteiger partial charge in [0.05, 0.1) is 25.2 Å². The Morgan fingerprint density at radius 1 is 1.47 bits per heavy atom. The van der Waals surface area contributed by atoms with Crippen LogP contribution in [0, 0.1) is 5.92 Å². The number of fused-ring (bicyclic) bond motifs is 1. The Labute approximate surface area is 113 Å². The molecule has 0 saturated heterocycles. The number of hydrogen-bond donors (Lipinski definition) is 1. The van der Waals surface area contributed by atoms with Crippen molar-refractivity contribution >= 4 is 5.97 Å². The highest BCUT2D eigenvalue weighted by Crippen LogP contribution is 2.32. The number of aliphatic hydroxyl groups excluding tert-OH is 1. The van der Waals surface area contributed by atoms with E-state index in [1.807, 2.05) is 25.1 Å². The highest BCUT2D eigenvalue weighted by molar-refractivity contribution is 5.73. The first kappa shape index (κ1) is 13.9. The monoisotopic (exact) mass is 264 g/mol. The third-order valence-corrected chi connectivity index (χ3v) is 3.47. The van der Waals surface area contributed by atoms with E-state index in [2.05, 4.69) is 0 Å². The summed E-state index contributed by atoms with van der Waals surface area (Å²) in [5.41, 5.74) is 1.85. The molecule has 104 valence electrons. The maximum Gasteiger partial charge on any atom is 0.311 e. The number of rotatable bonds is 5. The molecule has 0 bridgehead atoms. The third kappa shape index (κ3) is 2.89. The lowest BCUT2D eigenvalue weighted by Crippen LogP contribution is -2.24. The number of esters is 1. The normalized spacial score (nSPS) is 16.4. The number of hydrogen-bond acceptors (Lipinski definition) is 4. The first-order chi connectivity index (χ1) is 9.17. The van der Waals surface area contributed by atoms with Gasteiger partial charge >= 0.3 is 5.97 Å². The van der Waals surface area contributed by atoms with Crippen LogP contribution in [-0.4, -0.2) is 24.3 Å². The van der Waals surface area contributed by atoms with Gasteiger partial charge in [0.1, 0.15) is 5.75 Å². The smallest absolute Gasteiger partial charge is 0.311 e. The van der Waals surface area contributed by atoms with Gasteiger partial charge in [0.15, 0.2) is 0 Å².